The van der Waals surface area contributed by atoms with Crippen LogP contribution in [0.2, 0.25) is 0 Å². The molecular formula is C44H83O13P. The van der Waals surface area contributed by atoms with Crippen LogP contribution in [-0.4, -0.2) is 98.3 Å². The number of unbranched alkanes of at least 4 members (excludes halogenated alkanes) is 24. The molecule has 0 heterocycles. The standard InChI is InChI=1S/C44H83O13P/c1-3-5-7-9-11-13-14-15-16-17-18-19-20-21-22-23-24-25-27-28-30-32-37(45)54-34-36(56-38(46)33-31-29-26-12-10-8-6-4-2)35-55-58(52,53)57-44-42(50)40(48)39(47)41(49)43(44)51/h15-16,36,39-44,47-51H,3-14,17-35H2,1-2H3,(H,52,53)/b16-15+/t36-,39?,40-,41?,42?,43?,44?/m0/s1. The zero-order chi connectivity index (χ0) is 42.9. The summed E-state index contributed by atoms with van der Waals surface area (Å²) in [6.45, 7) is 3.25. The molecule has 0 aromatic carbocycles. The molecule has 8 atom stereocenters. The fourth-order valence-corrected chi connectivity index (χ4v) is 8.08. The van der Waals surface area contributed by atoms with Gasteiger partial charge in [0.1, 0.15) is 43.2 Å². The van der Waals surface area contributed by atoms with E-state index in [-0.39, 0.29) is 12.8 Å². The summed E-state index contributed by atoms with van der Waals surface area (Å²) in [4.78, 5) is 35.5. The van der Waals surface area contributed by atoms with Crippen molar-refractivity contribution in [1.82, 2.24) is 0 Å². The van der Waals surface area contributed by atoms with Gasteiger partial charge in [-0.2, -0.15) is 0 Å². The molecule has 6 unspecified atom stereocenters. The topological polar surface area (TPSA) is 210 Å². The summed E-state index contributed by atoms with van der Waals surface area (Å²) < 4.78 is 33.4. The normalized spacial score (nSPS) is 22.6. The van der Waals surface area contributed by atoms with Gasteiger partial charge >= 0.3 is 19.8 Å². The average molecular weight is 851 g/mol. The Morgan fingerprint density at radius 1 is 0.517 bits per heavy atom. The van der Waals surface area contributed by atoms with Crippen LogP contribution >= 0.6 is 7.82 Å². The van der Waals surface area contributed by atoms with Crippen molar-refractivity contribution in [3.63, 3.8) is 0 Å². The second kappa shape index (κ2) is 35.2. The molecule has 0 aromatic heterocycles. The molecule has 1 aliphatic carbocycles. The van der Waals surface area contributed by atoms with E-state index in [1.165, 1.54) is 116 Å². The minimum atomic E-state index is -5.10. The second-order valence-electron chi connectivity index (χ2n) is 16.3. The van der Waals surface area contributed by atoms with Crippen molar-refractivity contribution in [3.8, 4) is 0 Å². The first-order chi connectivity index (χ1) is 27.9. The number of phosphoric ester groups is 1. The molecule has 13 nitrogen and oxygen atoms in total. The van der Waals surface area contributed by atoms with E-state index in [1.807, 2.05) is 0 Å². The number of allylic oxidation sites excluding steroid dienone is 2. The molecule has 0 saturated heterocycles. The van der Waals surface area contributed by atoms with Gasteiger partial charge in [-0.3, -0.25) is 18.6 Å². The number of aliphatic hydroxyl groups excluding tert-OH is 5. The Kier molecular flexibility index (Phi) is 33.2. The van der Waals surface area contributed by atoms with Crippen LogP contribution in [0.5, 0.6) is 0 Å². The fraction of sp³-hybridized carbons (Fsp3) is 0.909. The Bertz CT molecular complexity index is 1080. The Labute approximate surface area is 350 Å². The number of esters is 2. The zero-order valence-corrected chi connectivity index (χ0v) is 37.0. The third-order valence-electron chi connectivity index (χ3n) is 10.9. The lowest BCUT2D eigenvalue weighted by molar-refractivity contribution is -0.220. The van der Waals surface area contributed by atoms with E-state index in [1.54, 1.807) is 0 Å². The van der Waals surface area contributed by atoms with Crippen LogP contribution < -0.4 is 0 Å². The highest BCUT2D eigenvalue weighted by Crippen LogP contribution is 2.47. The van der Waals surface area contributed by atoms with Crippen molar-refractivity contribution in [2.24, 2.45) is 0 Å². The molecule has 0 aliphatic heterocycles. The van der Waals surface area contributed by atoms with Gasteiger partial charge in [-0.15, -0.1) is 0 Å². The molecule has 0 amide bonds. The van der Waals surface area contributed by atoms with Crippen LogP contribution in [0.1, 0.15) is 200 Å². The molecular weight excluding hydrogens is 767 g/mol. The molecule has 14 heteroatoms. The van der Waals surface area contributed by atoms with Crippen molar-refractivity contribution in [3.05, 3.63) is 12.2 Å². The number of carbonyl (C=O) groups is 2. The van der Waals surface area contributed by atoms with Crippen molar-refractivity contribution in [2.45, 2.75) is 243 Å². The lowest BCUT2D eigenvalue weighted by Crippen LogP contribution is -2.64. The smallest absolute Gasteiger partial charge is 0.462 e. The highest BCUT2D eigenvalue weighted by Gasteiger charge is 2.51. The first kappa shape index (κ1) is 54.6. The Morgan fingerprint density at radius 3 is 1.31 bits per heavy atom. The zero-order valence-electron chi connectivity index (χ0n) is 36.1. The molecule has 0 aromatic rings. The lowest BCUT2D eigenvalue weighted by Gasteiger charge is -2.41. The van der Waals surface area contributed by atoms with Crippen LogP contribution in [0.25, 0.3) is 0 Å². The van der Waals surface area contributed by atoms with Gasteiger partial charge in [0.2, 0.25) is 0 Å². The SMILES string of the molecule is CCCCCCCC/C=C/CCCCCCCCCCCCCC(=O)OC[C@@H](COP(=O)(O)OC1C(O)C(O)C(O)[C@H](O)C1O)OC(=O)CCCCCCCCCC. The average Bonchev–Trinajstić information content (AvgIpc) is 3.20. The van der Waals surface area contributed by atoms with Crippen LogP contribution in [0.15, 0.2) is 12.2 Å². The summed E-state index contributed by atoms with van der Waals surface area (Å²) >= 11 is 0. The number of rotatable bonds is 38. The Morgan fingerprint density at radius 2 is 0.879 bits per heavy atom. The van der Waals surface area contributed by atoms with Crippen molar-refractivity contribution in [2.75, 3.05) is 13.2 Å². The van der Waals surface area contributed by atoms with Crippen molar-refractivity contribution in [1.29, 1.82) is 0 Å². The number of carbonyl (C=O) groups excluding carboxylic acids is 2. The number of hydrogen-bond donors (Lipinski definition) is 6. The quantitative estimate of drug-likeness (QED) is 0.0149. The molecule has 58 heavy (non-hydrogen) atoms. The van der Waals surface area contributed by atoms with Gasteiger partial charge in [-0.1, -0.05) is 161 Å². The van der Waals surface area contributed by atoms with Gasteiger partial charge in [0.25, 0.3) is 0 Å². The predicted octanol–water partition coefficient (Wildman–Crippen LogP) is 8.67. The van der Waals surface area contributed by atoms with Crippen molar-refractivity contribution >= 4 is 19.8 Å². The number of phosphoric acid groups is 1. The molecule has 342 valence electrons. The predicted molar refractivity (Wildman–Crippen MR) is 226 cm³/mol. The van der Waals surface area contributed by atoms with Crippen molar-refractivity contribution < 1.29 is 63.1 Å². The van der Waals surface area contributed by atoms with Gasteiger partial charge in [0, 0.05) is 12.8 Å². The van der Waals surface area contributed by atoms with Crippen LogP contribution in [0.4, 0.5) is 0 Å². The maximum Gasteiger partial charge on any atom is 0.472 e. The molecule has 1 saturated carbocycles. The third-order valence-corrected chi connectivity index (χ3v) is 11.8. The summed E-state index contributed by atoms with van der Waals surface area (Å²) in [5, 5.41) is 50.0. The van der Waals surface area contributed by atoms with E-state index in [0.717, 1.165) is 44.9 Å². The van der Waals surface area contributed by atoms with E-state index >= 15 is 0 Å². The first-order valence-corrected chi connectivity index (χ1v) is 24.5. The first-order valence-electron chi connectivity index (χ1n) is 23.0. The summed E-state index contributed by atoms with van der Waals surface area (Å²) in [7, 11) is -5.10. The van der Waals surface area contributed by atoms with Gasteiger partial charge in [-0.05, 0) is 38.5 Å². The largest absolute Gasteiger partial charge is 0.472 e. The lowest BCUT2D eigenvalue weighted by atomic mass is 9.85. The van der Waals surface area contributed by atoms with E-state index in [4.69, 9.17) is 18.5 Å². The number of ether oxygens (including phenoxy) is 2. The summed E-state index contributed by atoms with van der Waals surface area (Å²) in [5.41, 5.74) is 0. The van der Waals surface area contributed by atoms with Gasteiger partial charge in [-0.25, -0.2) is 4.57 Å². The molecule has 0 radical (unpaired) electrons. The van der Waals surface area contributed by atoms with E-state index < -0.39 is 75.7 Å². The molecule has 6 N–H and O–H groups in total. The Hall–Kier alpha value is -1.41. The second-order valence-corrected chi connectivity index (χ2v) is 17.7. The third kappa shape index (κ3) is 27.4. The molecule has 0 spiro atoms. The number of aliphatic hydroxyl groups is 5. The maximum atomic E-state index is 12.8. The minimum Gasteiger partial charge on any atom is -0.462 e. The van der Waals surface area contributed by atoms with E-state index in [2.05, 4.69) is 26.0 Å². The fourth-order valence-electron chi connectivity index (χ4n) is 7.11. The van der Waals surface area contributed by atoms with E-state index in [0.29, 0.717) is 12.8 Å². The molecule has 1 rings (SSSR count). The molecule has 1 aliphatic rings. The Balaban J connectivity index is 2.34. The maximum absolute atomic E-state index is 12.8. The molecule has 0 bridgehead atoms. The van der Waals surface area contributed by atoms with Crippen LogP contribution in [0, 0.1) is 0 Å². The monoisotopic (exact) mass is 851 g/mol. The highest BCUT2D eigenvalue weighted by molar-refractivity contribution is 7.47. The number of hydrogen-bond acceptors (Lipinski definition) is 12. The highest BCUT2D eigenvalue weighted by atomic mass is 31.2. The van der Waals surface area contributed by atoms with E-state index in [9.17, 15) is 44.6 Å². The summed E-state index contributed by atoms with van der Waals surface area (Å²) in [5.74, 6) is -1.10. The van der Waals surface area contributed by atoms with Gasteiger partial charge in [0.05, 0.1) is 6.61 Å². The molecule has 1 fully saturated rings. The van der Waals surface area contributed by atoms with Crippen LogP contribution in [-0.2, 0) is 32.7 Å². The summed E-state index contributed by atoms with van der Waals surface area (Å²) in [6.07, 6.45) is 23.0. The van der Waals surface area contributed by atoms with Gasteiger partial charge in [0.15, 0.2) is 6.10 Å². The minimum absolute atomic E-state index is 0.0997. The van der Waals surface area contributed by atoms with Gasteiger partial charge < -0.3 is 39.9 Å². The summed E-state index contributed by atoms with van der Waals surface area (Å²) in [6, 6.07) is 0. The van der Waals surface area contributed by atoms with Crippen LogP contribution in [0.3, 0.4) is 0 Å².